The summed E-state index contributed by atoms with van der Waals surface area (Å²) in [5.74, 6) is 1.27. The van der Waals surface area contributed by atoms with Crippen molar-refractivity contribution < 1.29 is 4.74 Å². The zero-order valence-corrected chi connectivity index (χ0v) is 13.2. The van der Waals surface area contributed by atoms with Crippen molar-refractivity contribution in [2.45, 2.75) is 36.7 Å². The average molecular weight is 312 g/mol. The number of nitrogens with zero attached hydrogens (tertiary/aromatic N) is 5. The highest BCUT2D eigenvalue weighted by atomic mass is 32.2. The average Bonchev–Trinajstić information content (AvgIpc) is 2.82. The monoisotopic (exact) mass is 312 g/mol. The quantitative estimate of drug-likeness (QED) is 0.834. The Hall–Kier alpha value is -1.48. The highest BCUT2D eigenvalue weighted by Crippen LogP contribution is 2.27. The minimum Gasteiger partial charge on any atom is -0.464 e. The van der Waals surface area contributed by atoms with Crippen LogP contribution in [-0.2, 0) is 0 Å². The van der Waals surface area contributed by atoms with E-state index in [9.17, 15) is 0 Å². The van der Waals surface area contributed by atoms with Crippen LogP contribution in [0.5, 0.6) is 6.01 Å². The van der Waals surface area contributed by atoms with Gasteiger partial charge in [-0.1, -0.05) is 6.92 Å². The molecule has 0 saturated heterocycles. The minimum atomic E-state index is 0.324. The summed E-state index contributed by atoms with van der Waals surface area (Å²) in [6.07, 6.45) is 0.994. The molecule has 2 rings (SSSR count). The first kappa shape index (κ1) is 14.9. The molecule has 0 aromatic carbocycles. The third-order valence-corrected chi connectivity index (χ3v) is 3.80. The van der Waals surface area contributed by atoms with E-state index in [1.54, 1.807) is 0 Å². The number of aromatic nitrogens is 5. The predicted molar refractivity (Wildman–Crippen MR) is 78.5 cm³/mol. The normalized spacial score (nSPS) is 10.6. The van der Waals surface area contributed by atoms with Gasteiger partial charge in [-0.05, 0) is 43.6 Å². The molecule has 2 aromatic rings. The maximum Gasteiger partial charge on any atom is 0.322 e. The summed E-state index contributed by atoms with van der Waals surface area (Å²) in [5.41, 5.74) is 0. The van der Waals surface area contributed by atoms with Crippen LogP contribution in [0.3, 0.4) is 0 Å². The third-order valence-electron chi connectivity index (χ3n) is 2.09. The highest BCUT2D eigenvalue weighted by Gasteiger charge is 2.11. The number of nitrogens with one attached hydrogen (secondary N) is 1. The van der Waals surface area contributed by atoms with E-state index >= 15 is 0 Å². The second-order valence-corrected chi connectivity index (χ2v) is 5.76. The Kier molecular flexibility index (Phi) is 5.48. The van der Waals surface area contributed by atoms with Crippen LogP contribution >= 0.6 is 23.3 Å². The number of aryl methyl sites for hydroxylation is 1. The van der Waals surface area contributed by atoms with Crippen LogP contribution in [0.15, 0.2) is 9.50 Å². The van der Waals surface area contributed by atoms with Crippen LogP contribution in [0.25, 0.3) is 0 Å². The smallest absolute Gasteiger partial charge is 0.322 e. The summed E-state index contributed by atoms with van der Waals surface area (Å²) >= 11 is 2.69. The molecule has 9 heteroatoms. The highest BCUT2D eigenvalue weighted by molar-refractivity contribution is 8.00. The second-order valence-electron chi connectivity index (χ2n) is 3.79. The number of rotatable bonds is 7. The minimum absolute atomic E-state index is 0.324. The van der Waals surface area contributed by atoms with Crippen LogP contribution in [-0.4, -0.2) is 37.5 Å². The maximum absolute atomic E-state index is 5.36. The molecule has 0 unspecified atom stereocenters. The molecule has 108 valence electrons. The van der Waals surface area contributed by atoms with Gasteiger partial charge in [-0.25, -0.2) is 4.98 Å². The Morgan fingerprint density at radius 1 is 1.20 bits per heavy atom. The Morgan fingerprint density at radius 2 is 2.05 bits per heavy atom. The van der Waals surface area contributed by atoms with Gasteiger partial charge in [0, 0.05) is 6.54 Å². The van der Waals surface area contributed by atoms with Crippen LogP contribution in [0.1, 0.15) is 26.1 Å². The lowest BCUT2D eigenvalue weighted by Gasteiger charge is -2.07. The topological polar surface area (TPSA) is 85.7 Å². The van der Waals surface area contributed by atoms with Crippen molar-refractivity contribution in [1.82, 2.24) is 24.3 Å². The van der Waals surface area contributed by atoms with Crippen molar-refractivity contribution in [1.29, 1.82) is 0 Å². The molecular weight excluding hydrogens is 296 g/mol. The van der Waals surface area contributed by atoms with Gasteiger partial charge in [-0.3, -0.25) is 0 Å². The number of ether oxygens (including phenoxy) is 1. The lowest BCUT2D eigenvalue weighted by atomic mass is 10.5. The van der Waals surface area contributed by atoms with Crippen LogP contribution in [0, 0.1) is 6.92 Å². The van der Waals surface area contributed by atoms with E-state index in [2.05, 4.69) is 36.5 Å². The van der Waals surface area contributed by atoms with E-state index in [0.717, 1.165) is 23.1 Å². The number of hydrogen-bond acceptors (Lipinski definition) is 9. The molecule has 2 heterocycles. The van der Waals surface area contributed by atoms with Crippen LogP contribution in [0.2, 0.25) is 0 Å². The predicted octanol–water partition coefficient (Wildman–Crippen LogP) is 2.40. The van der Waals surface area contributed by atoms with E-state index in [0.29, 0.717) is 23.7 Å². The first-order valence-electron chi connectivity index (χ1n) is 6.32. The molecular formula is C11H16N6OS2. The number of hydrogen-bond donors (Lipinski definition) is 1. The Morgan fingerprint density at radius 3 is 2.70 bits per heavy atom. The van der Waals surface area contributed by atoms with E-state index in [1.165, 1.54) is 23.3 Å². The van der Waals surface area contributed by atoms with E-state index < -0.39 is 0 Å². The SMILES string of the molecule is CCCNc1nc(OCC)nc(Sc2nc(C)ns2)n1. The fraction of sp³-hybridized carbons (Fsp3) is 0.545. The molecule has 2 aromatic heterocycles. The summed E-state index contributed by atoms with van der Waals surface area (Å²) in [4.78, 5) is 17.1. The molecule has 1 N–H and O–H groups in total. The molecule has 0 saturated carbocycles. The van der Waals surface area contributed by atoms with Crippen molar-refractivity contribution in [3.8, 4) is 6.01 Å². The van der Waals surface area contributed by atoms with Crippen LogP contribution in [0.4, 0.5) is 5.95 Å². The molecule has 0 aliphatic rings. The molecule has 0 fully saturated rings. The van der Waals surface area contributed by atoms with Crippen molar-refractivity contribution >= 4 is 29.2 Å². The van der Waals surface area contributed by atoms with Crippen molar-refractivity contribution in [3.05, 3.63) is 5.82 Å². The molecule has 0 bridgehead atoms. The Bertz CT molecular complexity index is 562. The summed E-state index contributed by atoms with van der Waals surface area (Å²) in [7, 11) is 0. The largest absolute Gasteiger partial charge is 0.464 e. The first-order chi connectivity index (χ1) is 9.71. The number of anilines is 1. The second kappa shape index (κ2) is 7.34. The fourth-order valence-electron chi connectivity index (χ4n) is 1.29. The van der Waals surface area contributed by atoms with Crippen molar-refractivity contribution in [2.24, 2.45) is 0 Å². The molecule has 0 radical (unpaired) electrons. The summed E-state index contributed by atoms with van der Waals surface area (Å²) in [6, 6.07) is 0.324. The van der Waals surface area contributed by atoms with Crippen molar-refractivity contribution in [3.63, 3.8) is 0 Å². The molecule has 0 aliphatic heterocycles. The van der Waals surface area contributed by atoms with Gasteiger partial charge in [0.25, 0.3) is 0 Å². The van der Waals surface area contributed by atoms with E-state index in [-0.39, 0.29) is 0 Å². The zero-order chi connectivity index (χ0) is 14.4. The Labute approximate surface area is 125 Å². The Balaban J connectivity index is 2.18. The first-order valence-corrected chi connectivity index (χ1v) is 7.91. The molecule has 20 heavy (non-hydrogen) atoms. The van der Waals surface area contributed by atoms with Crippen LogP contribution < -0.4 is 10.1 Å². The molecule has 0 amide bonds. The summed E-state index contributed by atoms with van der Waals surface area (Å²) in [5, 5.41) is 3.69. The molecule has 0 atom stereocenters. The van der Waals surface area contributed by atoms with Gasteiger partial charge >= 0.3 is 6.01 Å². The lowest BCUT2D eigenvalue weighted by Crippen LogP contribution is -2.08. The zero-order valence-electron chi connectivity index (χ0n) is 11.6. The van der Waals surface area contributed by atoms with Gasteiger partial charge in [0.1, 0.15) is 5.82 Å². The molecule has 7 nitrogen and oxygen atoms in total. The van der Waals surface area contributed by atoms with Gasteiger partial charge in [0.2, 0.25) is 11.1 Å². The summed E-state index contributed by atoms with van der Waals surface area (Å²) < 4.78 is 10.3. The third kappa shape index (κ3) is 4.27. The van der Waals surface area contributed by atoms with Gasteiger partial charge in [-0.15, -0.1) is 0 Å². The van der Waals surface area contributed by atoms with E-state index in [4.69, 9.17) is 4.74 Å². The molecule has 0 spiro atoms. The lowest BCUT2D eigenvalue weighted by molar-refractivity contribution is 0.308. The fourth-order valence-corrected chi connectivity index (χ4v) is 2.79. The summed E-state index contributed by atoms with van der Waals surface area (Å²) in [6.45, 7) is 7.14. The standard InChI is InChI=1S/C11H16N6OS2/c1-4-6-12-8-14-9(18-5-2)16-10(15-8)19-11-13-7(3)17-20-11/h4-6H2,1-3H3,(H,12,14,15,16). The van der Waals surface area contributed by atoms with Gasteiger partial charge in [0.15, 0.2) is 4.34 Å². The van der Waals surface area contributed by atoms with Gasteiger partial charge in [0.05, 0.1) is 6.61 Å². The maximum atomic E-state index is 5.36. The van der Waals surface area contributed by atoms with Gasteiger partial charge < -0.3 is 10.1 Å². The van der Waals surface area contributed by atoms with Gasteiger partial charge in [-0.2, -0.15) is 19.3 Å². The van der Waals surface area contributed by atoms with Crippen molar-refractivity contribution in [2.75, 3.05) is 18.5 Å². The molecule has 0 aliphatic carbocycles. The van der Waals surface area contributed by atoms with E-state index in [1.807, 2.05) is 13.8 Å².